The summed E-state index contributed by atoms with van der Waals surface area (Å²) < 4.78 is 5.48. The van der Waals surface area contributed by atoms with Gasteiger partial charge >= 0.3 is 0 Å². The minimum absolute atomic E-state index is 0.0634. The standard InChI is InChI=1S/C10H21N3O/c1-4-12-9(11)13-7-5-6-10(2,8-13)14-3/h4-8H2,1-3H3,(H2,11,12). The number of ether oxygens (including phenoxy) is 1. The Morgan fingerprint density at radius 1 is 1.64 bits per heavy atom. The summed E-state index contributed by atoms with van der Waals surface area (Å²) in [6.45, 7) is 6.70. The van der Waals surface area contributed by atoms with Crippen molar-refractivity contribution < 1.29 is 4.74 Å². The van der Waals surface area contributed by atoms with Crippen LogP contribution in [0, 0.1) is 0 Å². The third kappa shape index (κ3) is 2.61. The van der Waals surface area contributed by atoms with Gasteiger partial charge in [0.2, 0.25) is 0 Å². The van der Waals surface area contributed by atoms with Crippen LogP contribution in [0.5, 0.6) is 0 Å². The number of likely N-dealkylation sites (tertiary alicyclic amines) is 1. The lowest BCUT2D eigenvalue weighted by molar-refractivity contribution is -0.0351. The first kappa shape index (κ1) is 11.3. The van der Waals surface area contributed by atoms with E-state index in [4.69, 9.17) is 10.5 Å². The fourth-order valence-electron chi connectivity index (χ4n) is 1.83. The van der Waals surface area contributed by atoms with E-state index in [0.717, 1.165) is 32.5 Å². The number of nitrogens with two attached hydrogens (primary N) is 1. The molecule has 0 aromatic heterocycles. The zero-order valence-electron chi connectivity index (χ0n) is 9.42. The molecule has 0 amide bonds. The van der Waals surface area contributed by atoms with Crippen molar-refractivity contribution in [3.63, 3.8) is 0 Å². The molecule has 1 saturated heterocycles. The molecule has 0 aromatic carbocycles. The topological polar surface area (TPSA) is 50.8 Å². The third-order valence-corrected chi connectivity index (χ3v) is 2.80. The van der Waals surface area contributed by atoms with Crippen LogP contribution in [-0.2, 0) is 4.74 Å². The minimum atomic E-state index is -0.0634. The normalized spacial score (nSPS) is 29.4. The molecule has 1 aliphatic heterocycles. The Bertz CT molecular complexity index is 217. The largest absolute Gasteiger partial charge is 0.377 e. The smallest absolute Gasteiger partial charge is 0.191 e. The minimum Gasteiger partial charge on any atom is -0.377 e. The number of hydrogen-bond donors (Lipinski definition) is 1. The van der Waals surface area contributed by atoms with Gasteiger partial charge in [-0.3, -0.25) is 4.99 Å². The molecule has 0 saturated carbocycles. The van der Waals surface area contributed by atoms with Crippen LogP contribution >= 0.6 is 0 Å². The summed E-state index contributed by atoms with van der Waals surface area (Å²) >= 11 is 0. The van der Waals surface area contributed by atoms with Gasteiger partial charge in [-0.2, -0.15) is 0 Å². The second kappa shape index (κ2) is 4.64. The highest BCUT2D eigenvalue weighted by atomic mass is 16.5. The van der Waals surface area contributed by atoms with E-state index in [-0.39, 0.29) is 5.60 Å². The van der Waals surface area contributed by atoms with Gasteiger partial charge in [-0.25, -0.2) is 0 Å². The van der Waals surface area contributed by atoms with Crippen molar-refractivity contribution >= 4 is 5.96 Å². The van der Waals surface area contributed by atoms with Crippen LogP contribution < -0.4 is 5.73 Å². The Kier molecular flexibility index (Phi) is 3.75. The number of rotatable bonds is 2. The Morgan fingerprint density at radius 2 is 2.36 bits per heavy atom. The van der Waals surface area contributed by atoms with E-state index < -0.39 is 0 Å². The van der Waals surface area contributed by atoms with Gasteiger partial charge in [0.1, 0.15) is 0 Å². The van der Waals surface area contributed by atoms with Crippen molar-refractivity contribution in [1.29, 1.82) is 0 Å². The Balaban J connectivity index is 2.60. The molecule has 14 heavy (non-hydrogen) atoms. The van der Waals surface area contributed by atoms with E-state index >= 15 is 0 Å². The highest BCUT2D eigenvalue weighted by Gasteiger charge is 2.31. The molecule has 1 atom stereocenters. The molecule has 82 valence electrons. The molecule has 2 N–H and O–H groups in total. The average Bonchev–Trinajstić information content (AvgIpc) is 2.18. The second-order valence-corrected chi connectivity index (χ2v) is 4.01. The molecule has 0 bridgehead atoms. The van der Waals surface area contributed by atoms with Gasteiger partial charge in [-0.1, -0.05) is 0 Å². The Hall–Kier alpha value is -0.770. The van der Waals surface area contributed by atoms with E-state index in [1.807, 2.05) is 6.92 Å². The highest BCUT2D eigenvalue weighted by molar-refractivity contribution is 5.78. The summed E-state index contributed by atoms with van der Waals surface area (Å²) in [5.41, 5.74) is 5.79. The van der Waals surface area contributed by atoms with Gasteiger partial charge < -0.3 is 15.4 Å². The highest BCUT2D eigenvalue weighted by Crippen LogP contribution is 2.23. The summed E-state index contributed by atoms with van der Waals surface area (Å²) in [4.78, 5) is 6.32. The van der Waals surface area contributed by atoms with E-state index in [1.165, 1.54) is 0 Å². The Labute approximate surface area is 86.1 Å². The molecule has 4 nitrogen and oxygen atoms in total. The van der Waals surface area contributed by atoms with Gasteiger partial charge in [-0.15, -0.1) is 0 Å². The lowest BCUT2D eigenvalue weighted by Gasteiger charge is -2.39. The van der Waals surface area contributed by atoms with Gasteiger partial charge in [0.15, 0.2) is 5.96 Å². The molecule has 0 aromatic rings. The van der Waals surface area contributed by atoms with Gasteiger partial charge in [0.25, 0.3) is 0 Å². The average molecular weight is 199 g/mol. The number of guanidine groups is 1. The molecule has 4 heteroatoms. The summed E-state index contributed by atoms with van der Waals surface area (Å²) in [5.74, 6) is 0.649. The molecular weight excluding hydrogens is 178 g/mol. The Morgan fingerprint density at radius 3 is 2.93 bits per heavy atom. The van der Waals surface area contributed by atoms with E-state index in [9.17, 15) is 0 Å². The fourth-order valence-corrected chi connectivity index (χ4v) is 1.83. The molecule has 1 rings (SSSR count). The van der Waals surface area contributed by atoms with Crippen LogP contribution in [0.4, 0.5) is 0 Å². The zero-order chi connectivity index (χ0) is 10.6. The van der Waals surface area contributed by atoms with Crippen LogP contribution in [0.2, 0.25) is 0 Å². The van der Waals surface area contributed by atoms with E-state index in [2.05, 4.69) is 16.8 Å². The molecule has 1 aliphatic rings. The number of nitrogens with zero attached hydrogens (tertiary/aromatic N) is 2. The van der Waals surface area contributed by atoms with Crippen molar-refractivity contribution in [2.45, 2.75) is 32.3 Å². The summed E-state index contributed by atoms with van der Waals surface area (Å²) in [6, 6.07) is 0. The number of hydrogen-bond acceptors (Lipinski definition) is 2. The molecule has 0 radical (unpaired) electrons. The quantitative estimate of drug-likeness (QED) is 0.529. The first-order valence-electron chi connectivity index (χ1n) is 5.21. The predicted octanol–water partition coefficient (Wildman–Crippen LogP) is 0.822. The second-order valence-electron chi connectivity index (χ2n) is 4.01. The van der Waals surface area contributed by atoms with Crippen LogP contribution in [0.1, 0.15) is 26.7 Å². The molecule has 1 unspecified atom stereocenters. The molecule has 0 spiro atoms. The van der Waals surface area contributed by atoms with Crippen molar-refractivity contribution in [2.75, 3.05) is 26.7 Å². The SMILES string of the molecule is CCN=C(N)N1CCCC(C)(OC)C1. The molecular formula is C10H21N3O. The fraction of sp³-hybridized carbons (Fsp3) is 0.900. The maximum Gasteiger partial charge on any atom is 0.191 e. The maximum atomic E-state index is 5.86. The van der Waals surface area contributed by atoms with Crippen molar-refractivity contribution in [3.05, 3.63) is 0 Å². The maximum absolute atomic E-state index is 5.86. The van der Waals surface area contributed by atoms with Gasteiger partial charge in [0.05, 0.1) is 5.60 Å². The number of methoxy groups -OCH3 is 1. The van der Waals surface area contributed by atoms with Crippen molar-refractivity contribution in [1.82, 2.24) is 4.90 Å². The molecule has 1 fully saturated rings. The van der Waals surface area contributed by atoms with E-state index in [1.54, 1.807) is 7.11 Å². The van der Waals surface area contributed by atoms with Crippen LogP contribution in [0.15, 0.2) is 4.99 Å². The predicted molar refractivity (Wildman–Crippen MR) is 58.4 cm³/mol. The first-order chi connectivity index (χ1) is 6.61. The number of piperidine rings is 1. The van der Waals surface area contributed by atoms with Gasteiger partial charge in [0, 0.05) is 26.7 Å². The molecule has 1 heterocycles. The number of aliphatic imine (C=N–C) groups is 1. The third-order valence-electron chi connectivity index (χ3n) is 2.80. The lowest BCUT2D eigenvalue weighted by atomic mass is 9.95. The van der Waals surface area contributed by atoms with Crippen molar-refractivity contribution in [2.24, 2.45) is 10.7 Å². The van der Waals surface area contributed by atoms with Gasteiger partial charge in [-0.05, 0) is 26.7 Å². The summed E-state index contributed by atoms with van der Waals surface area (Å²) in [5, 5.41) is 0. The molecule has 0 aliphatic carbocycles. The first-order valence-corrected chi connectivity index (χ1v) is 5.21. The monoisotopic (exact) mass is 199 g/mol. The zero-order valence-corrected chi connectivity index (χ0v) is 9.42. The summed E-state index contributed by atoms with van der Waals surface area (Å²) in [7, 11) is 1.76. The van der Waals surface area contributed by atoms with Crippen molar-refractivity contribution in [3.8, 4) is 0 Å². The summed E-state index contributed by atoms with van der Waals surface area (Å²) in [6.07, 6.45) is 2.21. The van der Waals surface area contributed by atoms with Crippen LogP contribution in [0.3, 0.4) is 0 Å². The van der Waals surface area contributed by atoms with Crippen LogP contribution in [0.25, 0.3) is 0 Å². The lowest BCUT2D eigenvalue weighted by Crippen LogP contribution is -2.52. The van der Waals surface area contributed by atoms with E-state index in [0.29, 0.717) is 5.96 Å². The van der Waals surface area contributed by atoms with Crippen LogP contribution in [-0.4, -0.2) is 43.2 Å².